The standard InChI is InChI=1S/C25H31N5/c1-26-24-15-23(22-9-6-14-27-16-22)28-25(29-24)18-30(2)17-19-10-12-21(13-11-19)20-7-4-3-5-8-20/h3-5,7-8,10-13,15,22,27H,6,9,14,16-18H2,1-2H3,(H,26,28,29)/t22-/m1/s1. The van der Waals surface area contributed by atoms with Gasteiger partial charge in [0.15, 0.2) is 0 Å². The molecule has 4 rings (SSSR count). The van der Waals surface area contributed by atoms with E-state index in [-0.39, 0.29) is 0 Å². The van der Waals surface area contributed by atoms with Crippen LogP contribution in [-0.4, -0.2) is 42.1 Å². The van der Waals surface area contributed by atoms with Crippen LogP contribution in [0.4, 0.5) is 5.82 Å². The predicted octanol–water partition coefficient (Wildman–Crippen LogP) is 4.28. The lowest BCUT2D eigenvalue weighted by Crippen LogP contribution is -2.29. The quantitative estimate of drug-likeness (QED) is 0.619. The van der Waals surface area contributed by atoms with Gasteiger partial charge in [-0.2, -0.15) is 0 Å². The molecule has 30 heavy (non-hydrogen) atoms. The SMILES string of the molecule is CNc1cc([C@@H]2CCCNC2)nc(CN(C)Cc2ccc(-c3ccccc3)cc2)n1. The third-order valence-electron chi connectivity index (χ3n) is 5.69. The fourth-order valence-corrected chi connectivity index (χ4v) is 4.07. The summed E-state index contributed by atoms with van der Waals surface area (Å²) >= 11 is 0. The molecule has 0 aliphatic carbocycles. The maximum Gasteiger partial charge on any atom is 0.144 e. The molecule has 1 aliphatic heterocycles. The van der Waals surface area contributed by atoms with Crippen LogP contribution in [0.2, 0.25) is 0 Å². The normalized spacial score (nSPS) is 16.6. The first-order valence-corrected chi connectivity index (χ1v) is 10.8. The Morgan fingerprint density at radius 2 is 1.77 bits per heavy atom. The smallest absolute Gasteiger partial charge is 0.144 e. The molecule has 1 atom stereocenters. The Kier molecular flexibility index (Phi) is 6.72. The van der Waals surface area contributed by atoms with Crippen LogP contribution >= 0.6 is 0 Å². The van der Waals surface area contributed by atoms with Gasteiger partial charge in [-0.3, -0.25) is 4.90 Å². The molecule has 2 heterocycles. The summed E-state index contributed by atoms with van der Waals surface area (Å²) in [5.74, 6) is 2.26. The van der Waals surface area contributed by atoms with Crippen LogP contribution in [0.1, 0.15) is 35.8 Å². The zero-order chi connectivity index (χ0) is 20.8. The molecule has 1 fully saturated rings. The van der Waals surface area contributed by atoms with Crippen molar-refractivity contribution in [2.45, 2.75) is 31.8 Å². The molecule has 0 radical (unpaired) electrons. The monoisotopic (exact) mass is 401 g/mol. The Morgan fingerprint density at radius 1 is 1.00 bits per heavy atom. The zero-order valence-corrected chi connectivity index (χ0v) is 17.9. The number of nitrogens with zero attached hydrogens (tertiary/aromatic N) is 3. The van der Waals surface area contributed by atoms with Crippen molar-refractivity contribution in [1.82, 2.24) is 20.2 Å². The fraction of sp³-hybridized carbons (Fsp3) is 0.360. The fourth-order valence-electron chi connectivity index (χ4n) is 4.07. The van der Waals surface area contributed by atoms with E-state index in [0.29, 0.717) is 5.92 Å². The van der Waals surface area contributed by atoms with Gasteiger partial charge in [0.1, 0.15) is 11.6 Å². The summed E-state index contributed by atoms with van der Waals surface area (Å²) in [5, 5.41) is 6.69. The van der Waals surface area contributed by atoms with Crippen molar-refractivity contribution < 1.29 is 0 Å². The van der Waals surface area contributed by atoms with Crippen molar-refractivity contribution in [1.29, 1.82) is 0 Å². The minimum absolute atomic E-state index is 0.475. The van der Waals surface area contributed by atoms with Crippen LogP contribution in [0.3, 0.4) is 0 Å². The van der Waals surface area contributed by atoms with Crippen molar-refractivity contribution in [3.8, 4) is 11.1 Å². The van der Waals surface area contributed by atoms with E-state index in [1.807, 2.05) is 13.1 Å². The second-order valence-corrected chi connectivity index (χ2v) is 8.12. The second kappa shape index (κ2) is 9.83. The third-order valence-corrected chi connectivity index (χ3v) is 5.69. The van der Waals surface area contributed by atoms with Gasteiger partial charge in [0.05, 0.1) is 12.2 Å². The molecule has 0 unspecified atom stereocenters. The molecule has 2 N–H and O–H groups in total. The van der Waals surface area contributed by atoms with E-state index in [0.717, 1.165) is 43.5 Å². The number of hydrogen-bond donors (Lipinski definition) is 2. The van der Waals surface area contributed by atoms with Gasteiger partial charge in [0, 0.05) is 32.1 Å². The van der Waals surface area contributed by atoms with Gasteiger partial charge in [-0.25, -0.2) is 9.97 Å². The largest absolute Gasteiger partial charge is 0.373 e. The summed E-state index contributed by atoms with van der Waals surface area (Å²) in [4.78, 5) is 11.9. The van der Waals surface area contributed by atoms with Crippen LogP contribution in [0, 0.1) is 0 Å². The van der Waals surface area contributed by atoms with Crippen LogP contribution in [0.15, 0.2) is 60.7 Å². The van der Waals surface area contributed by atoms with E-state index in [1.54, 1.807) is 0 Å². The van der Waals surface area contributed by atoms with Gasteiger partial charge in [-0.15, -0.1) is 0 Å². The highest BCUT2D eigenvalue weighted by molar-refractivity contribution is 5.63. The summed E-state index contributed by atoms with van der Waals surface area (Å²) < 4.78 is 0. The average molecular weight is 402 g/mol. The highest BCUT2D eigenvalue weighted by atomic mass is 15.1. The number of piperidine rings is 1. The van der Waals surface area contributed by atoms with Crippen LogP contribution in [0.25, 0.3) is 11.1 Å². The van der Waals surface area contributed by atoms with Crippen molar-refractivity contribution in [3.63, 3.8) is 0 Å². The first-order chi connectivity index (χ1) is 14.7. The minimum atomic E-state index is 0.475. The van der Waals surface area contributed by atoms with E-state index >= 15 is 0 Å². The molecule has 3 aromatic rings. The minimum Gasteiger partial charge on any atom is -0.373 e. The first-order valence-electron chi connectivity index (χ1n) is 10.8. The van der Waals surface area contributed by atoms with E-state index in [4.69, 9.17) is 9.97 Å². The Morgan fingerprint density at radius 3 is 2.47 bits per heavy atom. The van der Waals surface area contributed by atoms with E-state index < -0.39 is 0 Å². The van der Waals surface area contributed by atoms with E-state index in [1.165, 1.54) is 29.5 Å². The topological polar surface area (TPSA) is 53.1 Å². The first kappa shape index (κ1) is 20.5. The van der Waals surface area contributed by atoms with Crippen molar-refractivity contribution >= 4 is 5.82 Å². The maximum absolute atomic E-state index is 4.91. The molecule has 1 aromatic heterocycles. The summed E-state index contributed by atoms with van der Waals surface area (Å²) in [5.41, 5.74) is 4.94. The average Bonchev–Trinajstić information content (AvgIpc) is 2.80. The van der Waals surface area contributed by atoms with E-state index in [9.17, 15) is 0 Å². The van der Waals surface area contributed by atoms with Crippen LogP contribution < -0.4 is 10.6 Å². The van der Waals surface area contributed by atoms with Gasteiger partial charge < -0.3 is 10.6 Å². The zero-order valence-electron chi connectivity index (χ0n) is 17.9. The number of anilines is 1. The number of rotatable bonds is 7. The summed E-state index contributed by atoms with van der Waals surface area (Å²) in [6.07, 6.45) is 2.40. The molecule has 1 aliphatic rings. The molecule has 0 saturated carbocycles. The molecule has 0 amide bonds. The van der Waals surface area contributed by atoms with Gasteiger partial charge >= 0.3 is 0 Å². The van der Waals surface area contributed by atoms with E-state index in [2.05, 4.69) is 77.2 Å². The lowest BCUT2D eigenvalue weighted by Gasteiger charge is -2.23. The van der Waals surface area contributed by atoms with Crippen LogP contribution in [-0.2, 0) is 13.1 Å². The number of nitrogens with one attached hydrogen (secondary N) is 2. The highest BCUT2D eigenvalue weighted by Gasteiger charge is 2.18. The molecule has 156 valence electrons. The summed E-state index contributed by atoms with van der Waals surface area (Å²) in [6, 6.07) is 21.4. The van der Waals surface area contributed by atoms with Gasteiger partial charge in [-0.1, -0.05) is 54.6 Å². The van der Waals surface area contributed by atoms with Gasteiger partial charge in [0.2, 0.25) is 0 Å². The Balaban J connectivity index is 1.42. The van der Waals surface area contributed by atoms with Gasteiger partial charge in [-0.05, 0) is 43.1 Å². The molecule has 0 spiro atoms. The van der Waals surface area contributed by atoms with Crippen molar-refractivity contribution in [3.05, 3.63) is 77.7 Å². The van der Waals surface area contributed by atoms with Crippen LogP contribution in [0.5, 0.6) is 0 Å². The summed E-state index contributed by atoms with van der Waals surface area (Å²) in [7, 11) is 4.05. The molecule has 0 bridgehead atoms. The number of aromatic nitrogens is 2. The Labute approximate surface area is 179 Å². The number of benzene rings is 2. The highest BCUT2D eigenvalue weighted by Crippen LogP contribution is 2.24. The second-order valence-electron chi connectivity index (χ2n) is 8.12. The maximum atomic E-state index is 4.91. The lowest BCUT2D eigenvalue weighted by atomic mass is 9.96. The number of hydrogen-bond acceptors (Lipinski definition) is 5. The third kappa shape index (κ3) is 5.23. The molecular weight excluding hydrogens is 370 g/mol. The Bertz CT molecular complexity index is 934. The van der Waals surface area contributed by atoms with Gasteiger partial charge in [0.25, 0.3) is 0 Å². The van der Waals surface area contributed by atoms with Crippen molar-refractivity contribution in [2.75, 3.05) is 32.5 Å². The molecular formula is C25H31N5. The molecule has 2 aromatic carbocycles. The Hall–Kier alpha value is -2.76. The molecule has 1 saturated heterocycles. The molecule has 5 nitrogen and oxygen atoms in total. The lowest BCUT2D eigenvalue weighted by molar-refractivity contribution is 0.309. The predicted molar refractivity (Wildman–Crippen MR) is 123 cm³/mol. The van der Waals surface area contributed by atoms with Crippen molar-refractivity contribution in [2.24, 2.45) is 0 Å². The molecule has 5 heteroatoms. The summed E-state index contributed by atoms with van der Waals surface area (Å²) in [6.45, 7) is 3.70.